The van der Waals surface area contributed by atoms with Gasteiger partial charge in [-0.2, -0.15) is 4.39 Å². The third kappa shape index (κ3) is 1.94. The van der Waals surface area contributed by atoms with Crippen molar-refractivity contribution in [2.75, 3.05) is 7.11 Å². The molecule has 15 heavy (non-hydrogen) atoms. The van der Waals surface area contributed by atoms with Crippen molar-refractivity contribution < 1.29 is 13.5 Å². The monoisotopic (exact) mass is 210 g/mol. The smallest absolute Gasteiger partial charge is 0.200 e. The van der Waals surface area contributed by atoms with E-state index in [9.17, 15) is 8.78 Å². The van der Waals surface area contributed by atoms with Gasteiger partial charge in [0.15, 0.2) is 11.6 Å². The van der Waals surface area contributed by atoms with E-state index in [2.05, 4.69) is 5.92 Å². The number of benzene rings is 1. The molecule has 0 unspecified atom stereocenters. The zero-order valence-electron chi connectivity index (χ0n) is 8.90. The molecule has 0 radical (unpaired) electrons. The first kappa shape index (κ1) is 11.5. The van der Waals surface area contributed by atoms with Crippen molar-refractivity contribution in [1.29, 1.82) is 0 Å². The van der Waals surface area contributed by atoms with Crippen LogP contribution < -0.4 is 4.74 Å². The van der Waals surface area contributed by atoms with Crippen molar-refractivity contribution >= 4 is 0 Å². The lowest BCUT2D eigenvalue weighted by molar-refractivity contribution is 0.361. The van der Waals surface area contributed by atoms with Crippen molar-refractivity contribution in [3.05, 3.63) is 29.3 Å². The number of ether oxygens (including phenoxy) is 1. The van der Waals surface area contributed by atoms with E-state index in [-0.39, 0.29) is 5.75 Å². The van der Waals surface area contributed by atoms with Gasteiger partial charge in [-0.3, -0.25) is 0 Å². The van der Waals surface area contributed by atoms with Crippen LogP contribution in [-0.4, -0.2) is 7.11 Å². The Balaban J connectivity index is 3.45. The highest BCUT2D eigenvalue weighted by Gasteiger charge is 2.25. The SMILES string of the molecule is C#CC(C)(C)c1ccc(F)c(F)c1OC. The van der Waals surface area contributed by atoms with Crippen molar-refractivity contribution in [2.24, 2.45) is 0 Å². The maximum absolute atomic E-state index is 13.4. The quantitative estimate of drug-likeness (QED) is 0.682. The Morgan fingerprint density at radius 3 is 2.40 bits per heavy atom. The van der Waals surface area contributed by atoms with Gasteiger partial charge in [0.2, 0.25) is 5.82 Å². The third-order valence-electron chi connectivity index (χ3n) is 2.29. The van der Waals surface area contributed by atoms with Crippen molar-refractivity contribution in [1.82, 2.24) is 0 Å². The lowest BCUT2D eigenvalue weighted by Crippen LogP contribution is -2.16. The molecule has 0 aromatic heterocycles. The fraction of sp³-hybridized carbons (Fsp3) is 0.333. The van der Waals surface area contributed by atoms with Crippen LogP contribution in [0, 0.1) is 24.0 Å². The molecule has 1 rings (SSSR count). The summed E-state index contributed by atoms with van der Waals surface area (Å²) in [5, 5.41) is 0. The van der Waals surface area contributed by atoms with Gasteiger partial charge in [-0.15, -0.1) is 6.42 Å². The summed E-state index contributed by atoms with van der Waals surface area (Å²) in [6.07, 6.45) is 5.33. The molecule has 0 aliphatic heterocycles. The van der Waals surface area contributed by atoms with Crippen LogP contribution in [0.15, 0.2) is 12.1 Å². The number of hydrogen-bond donors (Lipinski definition) is 0. The summed E-state index contributed by atoms with van der Waals surface area (Å²) in [6, 6.07) is 2.49. The lowest BCUT2D eigenvalue weighted by Gasteiger charge is -2.21. The molecule has 0 fully saturated rings. The highest BCUT2D eigenvalue weighted by molar-refractivity contribution is 5.44. The minimum absolute atomic E-state index is 0.127. The average molecular weight is 210 g/mol. The molecule has 1 nitrogen and oxygen atoms in total. The molecule has 80 valence electrons. The standard InChI is InChI=1S/C12H12F2O/c1-5-12(2,3)8-6-7-9(13)10(14)11(8)15-4/h1,6-7H,2-4H3. The van der Waals surface area contributed by atoms with E-state index in [1.165, 1.54) is 13.2 Å². The highest BCUT2D eigenvalue weighted by atomic mass is 19.2. The van der Waals surface area contributed by atoms with E-state index in [1.807, 2.05) is 0 Å². The molecule has 0 heterocycles. The molecule has 0 bridgehead atoms. The molecule has 0 atom stereocenters. The van der Waals surface area contributed by atoms with E-state index in [0.717, 1.165) is 6.07 Å². The summed E-state index contributed by atoms with van der Waals surface area (Å²) < 4.78 is 31.1. The summed E-state index contributed by atoms with van der Waals surface area (Å²) in [6.45, 7) is 3.48. The number of halogens is 2. The molecular weight excluding hydrogens is 198 g/mol. The fourth-order valence-electron chi connectivity index (χ4n) is 1.30. The van der Waals surface area contributed by atoms with Crippen LogP contribution in [0.3, 0.4) is 0 Å². The Morgan fingerprint density at radius 1 is 1.33 bits per heavy atom. The van der Waals surface area contributed by atoms with Gasteiger partial charge in [0.05, 0.1) is 12.5 Å². The van der Waals surface area contributed by atoms with E-state index < -0.39 is 17.0 Å². The number of methoxy groups -OCH3 is 1. The molecule has 0 saturated heterocycles. The van der Waals surface area contributed by atoms with E-state index in [1.54, 1.807) is 13.8 Å². The molecule has 1 aromatic carbocycles. The normalized spacial score (nSPS) is 10.9. The van der Waals surface area contributed by atoms with E-state index in [0.29, 0.717) is 5.56 Å². The van der Waals surface area contributed by atoms with Gasteiger partial charge < -0.3 is 4.74 Å². The van der Waals surface area contributed by atoms with Gasteiger partial charge >= 0.3 is 0 Å². The summed E-state index contributed by atoms with van der Waals surface area (Å²) >= 11 is 0. The molecule has 0 spiro atoms. The summed E-state index contributed by atoms with van der Waals surface area (Å²) in [5.74, 6) is 0.440. The predicted octanol–water partition coefficient (Wildman–Crippen LogP) is 2.88. The predicted molar refractivity (Wildman–Crippen MR) is 54.8 cm³/mol. The first-order valence-corrected chi connectivity index (χ1v) is 4.44. The topological polar surface area (TPSA) is 9.23 Å². The second-order valence-corrected chi connectivity index (χ2v) is 3.71. The maximum Gasteiger partial charge on any atom is 0.200 e. The van der Waals surface area contributed by atoms with Crippen LogP contribution in [-0.2, 0) is 5.41 Å². The van der Waals surface area contributed by atoms with Crippen LogP contribution >= 0.6 is 0 Å². The number of terminal acetylenes is 1. The Bertz CT molecular complexity index is 416. The average Bonchev–Trinajstić information content (AvgIpc) is 2.21. The van der Waals surface area contributed by atoms with Crippen LogP contribution in [0.2, 0.25) is 0 Å². The first-order chi connectivity index (χ1) is 6.94. The molecule has 3 heteroatoms. The number of hydrogen-bond acceptors (Lipinski definition) is 1. The minimum atomic E-state index is -1.00. The highest BCUT2D eigenvalue weighted by Crippen LogP contribution is 2.34. The molecule has 0 amide bonds. The Labute approximate surface area is 88.1 Å². The molecular formula is C12H12F2O. The second kappa shape index (κ2) is 3.90. The molecule has 0 N–H and O–H groups in total. The van der Waals surface area contributed by atoms with Crippen LogP contribution in [0.5, 0.6) is 5.75 Å². The van der Waals surface area contributed by atoms with Crippen molar-refractivity contribution in [2.45, 2.75) is 19.3 Å². The third-order valence-corrected chi connectivity index (χ3v) is 2.29. The maximum atomic E-state index is 13.4. The van der Waals surface area contributed by atoms with Gasteiger partial charge in [-0.25, -0.2) is 4.39 Å². The zero-order valence-corrected chi connectivity index (χ0v) is 8.90. The largest absolute Gasteiger partial charge is 0.493 e. The van der Waals surface area contributed by atoms with Crippen molar-refractivity contribution in [3.63, 3.8) is 0 Å². The summed E-state index contributed by atoms with van der Waals surface area (Å²) in [4.78, 5) is 0. The molecule has 1 aromatic rings. The van der Waals surface area contributed by atoms with Gasteiger partial charge in [0.25, 0.3) is 0 Å². The minimum Gasteiger partial charge on any atom is -0.493 e. The van der Waals surface area contributed by atoms with E-state index >= 15 is 0 Å². The Hall–Kier alpha value is -1.56. The second-order valence-electron chi connectivity index (χ2n) is 3.71. The summed E-state index contributed by atoms with van der Waals surface area (Å²) in [5.41, 5.74) is -0.230. The summed E-state index contributed by atoms with van der Waals surface area (Å²) in [7, 11) is 1.29. The van der Waals surface area contributed by atoms with Gasteiger partial charge in [0.1, 0.15) is 0 Å². The fourth-order valence-corrected chi connectivity index (χ4v) is 1.30. The van der Waals surface area contributed by atoms with Crippen LogP contribution in [0.25, 0.3) is 0 Å². The van der Waals surface area contributed by atoms with Crippen molar-refractivity contribution in [3.8, 4) is 18.1 Å². The zero-order chi connectivity index (χ0) is 11.6. The number of rotatable bonds is 2. The Morgan fingerprint density at radius 2 is 1.93 bits per heavy atom. The lowest BCUT2D eigenvalue weighted by atomic mass is 9.85. The molecule has 0 saturated carbocycles. The Kier molecular flexibility index (Phi) is 2.99. The van der Waals surface area contributed by atoms with Crippen LogP contribution in [0.1, 0.15) is 19.4 Å². The van der Waals surface area contributed by atoms with Crippen LogP contribution in [0.4, 0.5) is 8.78 Å². The molecule has 0 aliphatic rings. The van der Waals surface area contributed by atoms with Gasteiger partial charge in [-0.1, -0.05) is 12.0 Å². The molecule has 0 aliphatic carbocycles. The first-order valence-electron chi connectivity index (χ1n) is 4.44. The van der Waals surface area contributed by atoms with Gasteiger partial charge in [-0.05, 0) is 19.9 Å². The van der Waals surface area contributed by atoms with Gasteiger partial charge in [0, 0.05) is 5.56 Å². The van der Waals surface area contributed by atoms with E-state index in [4.69, 9.17) is 11.2 Å².